The van der Waals surface area contributed by atoms with Crippen molar-refractivity contribution in [1.82, 2.24) is 0 Å². The van der Waals surface area contributed by atoms with Crippen LogP contribution in [-0.4, -0.2) is 20.2 Å². The zero-order valence-corrected chi connectivity index (χ0v) is 13.7. The molecule has 2 N–H and O–H groups in total. The number of carbonyl (C=O) groups excluding carboxylic acids is 1. The average molecular weight is 324 g/mol. The summed E-state index contributed by atoms with van der Waals surface area (Å²) in [4.78, 5) is 11.7. The van der Waals surface area contributed by atoms with Gasteiger partial charge >= 0.3 is 5.97 Å². The molecule has 0 bridgehead atoms. The zero-order valence-electron chi connectivity index (χ0n) is 13.7. The van der Waals surface area contributed by atoms with E-state index in [0.29, 0.717) is 6.42 Å². The third kappa shape index (κ3) is 3.51. The number of hydrogen-bond acceptors (Lipinski definition) is 5. The molecular formula is C19H20N2O3. The molecule has 0 saturated carbocycles. The van der Waals surface area contributed by atoms with Crippen molar-refractivity contribution in [3.8, 4) is 5.75 Å². The van der Waals surface area contributed by atoms with Gasteiger partial charge in [0.2, 0.25) is 0 Å². The van der Waals surface area contributed by atoms with Gasteiger partial charge in [-0.3, -0.25) is 0 Å². The van der Waals surface area contributed by atoms with E-state index in [4.69, 9.17) is 9.47 Å². The molecule has 0 radical (unpaired) electrons. The third-order valence-electron chi connectivity index (χ3n) is 3.99. The van der Waals surface area contributed by atoms with Crippen LogP contribution in [0.4, 0.5) is 11.4 Å². The summed E-state index contributed by atoms with van der Waals surface area (Å²) >= 11 is 0. The molecule has 5 nitrogen and oxygen atoms in total. The van der Waals surface area contributed by atoms with Crippen molar-refractivity contribution >= 4 is 17.3 Å². The molecule has 2 aromatic carbocycles. The number of para-hydroxylation sites is 2. The van der Waals surface area contributed by atoms with Gasteiger partial charge in [0.05, 0.1) is 31.6 Å². The number of benzene rings is 2. The Kier molecular flexibility index (Phi) is 4.70. The fourth-order valence-electron chi connectivity index (χ4n) is 2.73. The van der Waals surface area contributed by atoms with Crippen molar-refractivity contribution in [2.24, 2.45) is 0 Å². The summed E-state index contributed by atoms with van der Waals surface area (Å²) in [5.41, 5.74) is 3.85. The van der Waals surface area contributed by atoms with Gasteiger partial charge in [-0.15, -0.1) is 0 Å². The largest absolute Gasteiger partial charge is 0.497 e. The van der Waals surface area contributed by atoms with Crippen LogP contribution in [0.1, 0.15) is 18.0 Å². The van der Waals surface area contributed by atoms with Gasteiger partial charge in [0.1, 0.15) is 5.75 Å². The molecular weight excluding hydrogens is 304 g/mol. The van der Waals surface area contributed by atoms with E-state index < -0.39 is 0 Å². The Morgan fingerprint density at radius 2 is 1.79 bits per heavy atom. The summed E-state index contributed by atoms with van der Waals surface area (Å²) in [6, 6.07) is 15.9. The molecule has 0 aromatic heterocycles. The van der Waals surface area contributed by atoms with E-state index >= 15 is 0 Å². The van der Waals surface area contributed by atoms with Crippen LogP contribution < -0.4 is 15.4 Å². The van der Waals surface area contributed by atoms with E-state index in [2.05, 4.69) is 10.6 Å². The molecule has 5 heteroatoms. The van der Waals surface area contributed by atoms with E-state index in [1.165, 1.54) is 13.2 Å². The number of rotatable bonds is 3. The molecule has 1 unspecified atom stereocenters. The normalized spacial score (nSPS) is 17.9. The Morgan fingerprint density at radius 1 is 1.08 bits per heavy atom. The van der Waals surface area contributed by atoms with Gasteiger partial charge in [-0.1, -0.05) is 24.3 Å². The molecule has 24 heavy (non-hydrogen) atoms. The lowest BCUT2D eigenvalue weighted by Crippen LogP contribution is -2.11. The Morgan fingerprint density at radius 3 is 2.46 bits per heavy atom. The quantitative estimate of drug-likeness (QED) is 0.665. The highest BCUT2D eigenvalue weighted by atomic mass is 16.5. The van der Waals surface area contributed by atoms with Gasteiger partial charge in [0.15, 0.2) is 0 Å². The van der Waals surface area contributed by atoms with E-state index in [1.807, 2.05) is 48.5 Å². The average Bonchev–Trinajstić information content (AvgIpc) is 2.80. The van der Waals surface area contributed by atoms with E-state index in [-0.39, 0.29) is 12.0 Å². The summed E-state index contributed by atoms with van der Waals surface area (Å²) in [5, 5.41) is 6.86. The SMILES string of the molecule is COC(=O)/C=C1/CC(c2ccc(OC)cc2)Nc2ccccc2N1. The number of esters is 1. The van der Waals surface area contributed by atoms with Gasteiger partial charge in [0.25, 0.3) is 0 Å². The highest BCUT2D eigenvalue weighted by molar-refractivity contribution is 5.84. The number of ether oxygens (including phenoxy) is 2. The Bertz CT molecular complexity index is 753. The minimum Gasteiger partial charge on any atom is -0.497 e. The molecule has 1 heterocycles. The molecule has 3 rings (SSSR count). The summed E-state index contributed by atoms with van der Waals surface area (Å²) < 4.78 is 9.98. The van der Waals surface area contributed by atoms with Gasteiger partial charge < -0.3 is 20.1 Å². The Hall–Kier alpha value is -2.95. The van der Waals surface area contributed by atoms with Crippen molar-refractivity contribution in [3.63, 3.8) is 0 Å². The number of hydrogen-bond donors (Lipinski definition) is 2. The van der Waals surface area contributed by atoms with Crippen molar-refractivity contribution in [3.05, 3.63) is 65.9 Å². The number of nitrogens with one attached hydrogen (secondary N) is 2. The maximum absolute atomic E-state index is 11.7. The fourth-order valence-corrected chi connectivity index (χ4v) is 2.73. The summed E-state index contributed by atoms with van der Waals surface area (Å²) in [6.45, 7) is 0. The minimum absolute atomic E-state index is 0.0305. The number of anilines is 2. The van der Waals surface area contributed by atoms with Crippen LogP contribution in [0.3, 0.4) is 0 Å². The topological polar surface area (TPSA) is 59.6 Å². The molecule has 0 spiro atoms. The van der Waals surface area contributed by atoms with E-state index in [0.717, 1.165) is 28.4 Å². The summed E-state index contributed by atoms with van der Waals surface area (Å²) in [5.74, 6) is 0.446. The first-order valence-corrected chi connectivity index (χ1v) is 7.74. The van der Waals surface area contributed by atoms with Gasteiger partial charge in [-0.05, 0) is 29.8 Å². The molecule has 1 aliphatic rings. The highest BCUT2D eigenvalue weighted by Gasteiger charge is 2.20. The maximum Gasteiger partial charge on any atom is 0.332 e. The number of carbonyl (C=O) groups is 1. The van der Waals surface area contributed by atoms with Crippen molar-refractivity contribution in [1.29, 1.82) is 0 Å². The summed E-state index contributed by atoms with van der Waals surface area (Å²) in [7, 11) is 3.03. The predicted octanol–water partition coefficient (Wildman–Crippen LogP) is 3.72. The lowest BCUT2D eigenvalue weighted by atomic mass is 10.0. The fraction of sp³-hybridized carbons (Fsp3) is 0.211. The monoisotopic (exact) mass is 324 g/mol. The first kappa shape index (κ1) is 15.9. The van der Waals surface area contributed by atoms with Crippen LogP contribution >= 0.6 is 0 Å². The number of methoxy groups -OCH3 is 2. The van der Waals surface area contributed by atoms with Gasteiger partial charge in [-0.25, -0.2) is 4.79 Å². The Balaban J connectivity index is 1.96. The zero-order chi connectivity index (χ0) is 16.9. The minimum atomic E-state index is -0.370. The van der Waals surface area contributed by atoms with Crippen LogP contribution in [-0.2, 0) is 9.53 Å². The molecule has 1 atom stereocenters. The Labute approximate surface area is 141 Å². The first-order valence-electron chi connectivity index (χ1n) is 7.74. The molecule has 0 aliphatic carbocycles. The molecule has 0 amide bonds. The number of fused-ring (bicyclic) bond motifs is 1. The molecule has 0 fully saturated rings. The second-order valence-corrected chi connectivity index (χ2v) is 5.54. The van der Waals surface area contributed by atoms with Crippen molar-refractivity contribution < 1.29 is 14.3 Å². The van der Waals surface area contributed by atoms with E-state index in [9.17, 15) is 4.79 Å². The maximum atomic E-state index is 11.7. The van der Waals surface area contributed by atoms with Gasteiger partial charge in [0, 0.05) is 18.2 Å². The molecule has 2 aromatic rings. The van der Waals surface area contributed by atoms with Crippen molar-refractivity contribution in [2.75, 3.05) is 24.9 Å². The van der Waals surface area contributed by atoms with Crippen LogP contribution in [0.15, 0.2) is 60.3 Å². The van der Waals surface area contributed by atoms with Gasteiger partial charge in [-0.2, -0.15) is 0 Å². The third-order valence-corrected chi connectivity index (χ3v) is 3.99. The first-order chi connectivity index (χ1) is 11.7. The van der Waals surface area contributed by atoms with Crippen LogP contribution in [0, 0.1) is 0 Å². The highest BCUT2D eigenvalue weighted by Crippen LogP contribution is 2.35. The molecule has 0 saturated heterocycles. The van der Waals surface area contributed by atoms with E-state index in [1.54, 1.807) is 7.11 Å². The smallest absolute Gasteiger partial charge is 0.332 e. The lowest BCUT2D eigenvalue weighted by Gasteiger charge is -2.18. The van der Waals surface area contributed by atoms with Crippen LogP contribution in [0.5, 0.6) is 5.75 Å². The predicted molar refractivity (Wildman–Crippen MR) is 94.1 cm³/mol. The molecule has 1 aliphatic heterocycles. The second-order valence-electron chi connectivity index (χ2n) is 5.54. The van der Waals surface area contributed by atoms with Crippen LogP contribution in [0.2, 0.25) is 0 Å². The van der Waals surface area contributed by atoms with Crippen LogP contribution in [0.25, 0.3) is 0 Å². The molecule has 124 valence electrons. The standard InChI is InChI=1S/C19H20N2O3/c1-23-15-9-7-13(8-10-15)18-11-14(12-19(22)24-2)20-16-5-3-4-6-17(16)21-18/h3-10,12,18,20-21H,11H2,1-2H3/b14-12-. The lowest BCUT2D eigenvalue weighted by molar-refractivity contribution is -0.134. The second kappa shape index (κ2) is 7.08. The van der Waals surface area contributed by atoms with Crippen molar-refractivity contribution in [2.45, 2.75) is 12.5 Å². The summed E-state index contributed by atoms with van der Waals surface area (Å²) in [6.07, 6.45) is 2.14.